The van der Waals surface area contributed by atoms with Crippen LogP contribution in [-0.4, -0.2) is 20.3 Å². The molecule has 116 valence electrons. The maximum atomic E-state index is 5.62. The van der Waals surface area contributed by atoms with Gasteiger partial charge in [-0.3, -0.25) is 0 Å². The first-order valence-electron chi connectivity index (χ1n) is 7.56. The Morgan fingerprint density at radius 2 is 1.48 bits per heavy atom. The Bertz CT molecular complexity index is 860. The summed E-state index contributed by atoms with van der Waals surface area (Å²) < 4.78 is 16.4. The molecule has 3 aromatic rings. The van der Waals surface area contributed by atoms with Gasteiger partial charge in [0.15, 0.2) is 11.5 Å². The van der Waals surface area contributed by atoms with Gasteiger partial charge in [0.05, 0.1) is 7.11 Å². The minimum atomic E-state index is 0.592. The third kappa shape index (κ3) is 2.75. The summed E-state index contributed by atoms with van der Waals surface area (Å²) in [6, 6.07) is 18.2. The van der Waals surface area contributed by atoms with Crippen molar-refractivity contribution in [2.24, 2.45) is 0 Å². The lowest BCUT2D eigenvalue weighted by Crippen LogP contribution is -2.15. The topological polar surface area (TPSA) is 39.7 Å². The van der Waals surface area contributed by atoms with Gasteiger partial charge in [-0.1, -0.05) is 12.1 Å². The minimum absolute atomic E-state index is 0.592. The van der Waals surface area contributed by atoms with Crippen molar-refractivity contribution in [3.05, 3.63) is 54.6 Å². The maximum Gasteiger partial charge on any atom is 0.163 e. The highest BCUT2D eigenvalue weighted by Crippen LogP contribution is 2.34. The molecule has 0 spiro atoms. The maximum absolute atomic E-state index is 5.62. The van der Waals surface area contributed by atoms with Crippen molar-refractivity contribution in [1.29, 1.82) is 0 Å². The fourth-order valence-corrected chi connectivity index (χ4v) is 2.72. The molecule has 23 heavy (non-hydrogen) atoms. The molecule has 0 fully saturated rings. The van der Waals surface area contributed by atoms with Crippen molar-refractivity contribution in [2.75, 3.05) is 25.6 Å². The van der Waals surface area contributed by atoms with E-state index in [-0.39, 0.29) is 0 Å². The SMILES string of the molecule is COc1ccc2cc(Nc3ccc4c(c3)OCCO4)ccc2c1. The molecule has 0 bridgehead atoms. The number of nitrogens with one attached hydrogen (secondary N) is 1. The normalized spacial score (nSPS) is 12.9. The first-order chi connectivity index (χ1) is 11.3. The van der Waals surface area contributed by atoms with Crippen molar-refractivity contribution in [3.8, 4) is 17.2 Å². The van der Waals surface area contributed by atoms with Gasteiger partial charge < -0.3 is 19.5 Å². The molecule has 4 rings (SSSR count). The van der Waals surface area contributed by atoms with E-state index in [1.54, 1.807) is 7.11 Å². The molecular weight excluding hydrogens is 290 g/mol. The highest BCUT2D eigenvalue weighted by atomic mass is 16.6. The number of anilines is 2. The highest BCUT2D eigenvalue weighted by Gasteiger charge is 2.11. The van der Waals surface area contributed by atoms with Crippen LogP contribution in [0.15, 0.2) is 54.6 Å². The molecule has 1 heterocycles. The Balaban J connectivity index is 1.62. The number of hydrogen-bond acceptors (Lipinski definition) is 4. The van der Waals surface area contributed by atoms with E-state index >= 15 is 0 Å². The molecule has 0 atom stereocenters. The third-order valence-corrected chi connectivity index (χ3v) is 3.88. The van der Waals surface area contributed by atoms with Crippen LogP contribution in [0.25, 0.3) is 10.8 Å². The summed E-state index contributed by atoms with van der Waals surface area (Å²) in [6.45, 7) is 1.20. The lowest BCUT2D eigenvalue weighted by Gasteiger charge is -2.19. The van der Waals surface area contributed by atoms with E-state index in [0.717, 1.165) is 39.4 Å². The van der Waals surface area contributed by atoms with E-state index in [9.17, 15) is 0 Å². The molecule has 4 heteroatoms. The molecule has 0 unspecified atom stereocenters. The van der Waals surface area contributed by atoms with Gasteiger partial charge in [0, 0.05) is 17.4 Å². The quantitative estimate of drug-likeness (QED) is 0.780. The second kappa shape index (κ2) is 5.72. The summed E-state index contributed by atoms with van der Waals surface area (Å²) >= 11 is 0. The molecule has 0 aromatic heterocycles. The fourth-order valence-electron chi connectivity index (χ4n) is 2.72. The van der Waals surface area contributed by atoms with Crippen molar-refractivity contribution >= 4 is 22.1 Å². The zero-order chi connectivity index (χ0) is 15.6. The predicted octanol–water partition coefficient (Wildman–Crippen LogP) is 4.36. The molecule has 1 aliphatic heterocycles. The average Bonchev–Trinajstić information content (AvgIpc) is 2.61. The summed E-state index contributed by atoms with van der Waals surface area (Å²) in [5.41, 5.74) is 2.00. The monoisotopic (exact) mass is 307 g/mol. The van der Waals surface area contributed by atoms with E-state index in [1.165, 1.54) is 0 Å². The summed E-state index contributed by atoms with van der Waals surface area (Å²) in [5.74, 6) is 2.45. The number of benzene rings is 3. The van der Waals surface area contributed by atoms with E-state index in [4.69, 9.17) is 14.2 Å². The first-order valence-corrected chi connectivity index (χ1v) is 7.56. The second-order valence-corrected chi connectivity index (χ2v) is 5.41. The van der Waals surface area contributed by atoms with E-state index in [2.05, 4.69) is 29.6 Å². The van der Waals surface area contributed by atoms with Gasteiger partial charge >= 0.3 is 0 Å². The lowest BCUT2D eigenvalue weighted by atomic mass is 10.1. The Kier molecular flexibility index (Phi) is 3.42. The Morgan fingerprint density at radius 1 is 0.783 bits per heavy atom. The van der Waals surface area contributed by atoms with Gasteiger partial charge in [-0.2, -0.15) is 0 Å². The number of rotatable bonds is 3. The van der Waals surface area contributed by atoms with Crippen LogP contribution >= 0.6 is 0 Å². The van der Waals surface area contributed by atoms with Crippen molar-refractivity contribution in [1.82, 2.24) is 0 Å². The van der Waals surface area contributed by atoms with Gasteiger partial charge in [0.25, 0.3) is 0 Å². The molecule has 0 aliphatic carbocycles. The van der Waals surface area contributed by atoms with Crippen LogP contribution in [0.4, 0.5) is 11.4 Å². The highest BCUT2D eigenvalue weighted by molar-refractivity contribution is 5.87. The van der Waals surface area contributed by atoms with Crippen LogP contribution in [0.2, 0.25) is 0 Å². The zero-order valence-corrected chi connectivity index (χ0v) is 12.8. The summed E-state index contributed by atoms with van der Waals surface area (Å²) in [4.78, 5) is 0. The molecular formula is C19H17NO3. The first kappa shape index (κ1) is 13.8. The van der Waals surface area contributed by atoms with Crippen LogP contribution in [0.5, 0.6) is 17.2 Å². The summed E-state index contributed by atoms with van der Waals surface area (Å²) in [7, 11) is 1.68. The zero-order valence-electron chi connectivity index (χ0n) is 12.8. The molecule has 1 aliphatic rings. The largest absolute Gasteiger partial charge is 0.497 e. The van der Waals surface area contributed by atoms with Gasteiger partial charge in [-0.05, 0) is 47.2 Å². The summed E-state index contributed by atoms with van der Waals surface area (Å²) in [5, 5.41) is 5.72. The average molecular weight is 307 g/mol. The standard InChI is InChI=1S/C19H17NO3/c1-21-17-6-3-13-10-15(4-2-14(13)11-17)20-16-5-7-18-19(12-16)23-9-8-22-18/h2-7,10-12,20H,8-9H2,1H3. The Morgan fingerprint density at radius 3 is 2.35 bits per heavy atom. The molecule has 4 nitrogen and oxygen atoms in total. The van der Waals surface area contributed by atoms with Crippen LogP contribution in [0.1, 0.15) is 0 Å². The van der Waals surface area contributed by atoms with Crippen LogP contribution in [-0.2, 0) is 0 Å². The third-order valence-electron chi connectivity index (χ3n) is 3.88. The number of methoxy groups -OCH3 is 1. The molecule has 0 amide bonds. The van der Waals surface area contributed by atoms with Crippen molar-refractivity contribution in [2.45, 2.75) is 0 Å². The molecule has 0 saturated carbocycles. The van der Waals surface area contributed by atoms with E-state index < -0.39 is 0 Å². The smallest absolute Gasteiger partial charge is 0.163 e. The van der Waals surface area contributed by atoms with Gasteiger partial charge in [-0.15, -0.1) is 0 Å². The fraction of sp³-hybridized carbons (Fsp3) is 0.158. The van der Waals surface area contributed by atoms with Crippen LogP contribution < -0.4 is 19.5 Å². The van der Waals surface area contributed by atoms with Crippen molar-refractivity contribution in [3.63, 3.8) is 0 Å². The second-order valence-electron chi connectivity index (χ2n) is 5.41. The van der Waals surface area contributed by atoms with Crippen LogP contribution in [0.3, 0.4) is 0 Å². The number of fused-ring (bicyclic) bond motifs is 2. The van der Waals surface area contributed by atoms with Gasteiger partial charge in [0.1, 0.15) is 19.0 Å². The lowest BCUT2D eigenvalue weighted by molar-refractivity contribution is 0.171. The summed E-state index contributed by atoms with van der Waals surface area (Å²) in [6.07, 6.45) is 0. The molecule has 3 aromatic carbocycles. The number of ether oxygens (including phenoxy) is 3. The van der Waals surface area contributed by atoms with Gasteiger partial charge in [-0.25, -0.2) is 0 Å². The molecule has 1 N–H and O–H groups in total. The van der Waals surface area contributed by atoms with Gasteiger partial charge in [0.2, 0.25) is 0 Å². The number of hydrogen-bond donors (Lipinski definition) is 1. The van der Waals surface area contributed by atoms with E-state index in [1.807, 2.05) is 30.3 Å². The van der Waals surface area contributed by atoms with Crippen LogP contribution in [0, 0.1) is 0 Å². The molecule has 0 radical (unpaired) electrons. The molecule has 0 saturated heterocycles. The Labute approximate surface area is 134 Å². The minimum Gasteiger partial charge on any atom is -0.497 e. The van der Waals surface area contributed by atoms with E-state index in [0.29, 0.717) is 13.2 Å². The van der Waals surface area contributed by atoms with Crippen molar-refractivity contribution < 1.29 is 14.2 Å². The predicted molar refractivity (Wildman–Crippen MR) is 91.2 cm³/mol. The Hall–Kier alpha value is -2.88.